The molecule has 0 amide bonds. The van der Waals surface area contributed by atoms with Gasteiger partial charge in [-0.3, -0.25) is 4.98 Å². The van der Waals surface area contributed by atoms with Gasteiger partial charge in [-0.1, -0.05) is 66.7 Å². The van der Waals surface area contributed by atoms with Gasteiger partial charge in [0.25, 0.3) is 0 Å². The molecule has 3 aromatic rings. The Bertz CT molecular complexity index is 953. The molecule has 6 nitrogen and oxygen atoms in total. The standard InChI is InChI=1S/C24H28N2.C4H4O4/c1-20(15-16-21-10-4-2-5-11-21)25-19-17-23(22-12-6-3-7-13-22)24-14-8-9-18-26-24;5-3(6)1-2-4(7)8/h2-14,18,20,23,25H,15-17,19H2,1H3;1-2H,(H,5,6)(H,7,8)/b;2-1+. The van der Waals surface area contributed by atoms with Crippen LogP contribution in [0.4, 0.5) is 0 Å². The van der Waals surface area contributed by atoms with E-state index in [4.69, 9.17) is 5.11 Å². The summed E-state index contributed by atoms with van der Waals surface area (Å²) >= 11 is 0. The van der Waals surface area contributed by atoms with E-state index in [2.05, 4.69) is 90.0 Å². The number of rotatable bonds is 11. The molecule has 2 atom stereocenters. The van der Waals surface area contributed by atoms with Gasteiger partial charge in [0.2, 0.25) is 0 Å². The van der Waals surface area contributed by atoms with Crippen LogP contribution in [0.2, 0.25) is 0 Å². The van der Waals surface area contributed by atoms with Crippen molar-refractivity contribution in [2.24, 2.45) is 0 Å². The van der Waals surface area contributed by atoms with Gasteiger partial charge in [-0.2, -0.15) is 0 Å². The van der Waals surface area contributed by atoms with E-state index in [1.54, 1.807) is 0 Å². The van der Waals surface area contributed by atoms with Crippen molar-refractivity contribution in [1.29, 1.82) is 0 Å². The molecule has 0 radical (unpaired) electrons. The van der Waals surface area contributed by atoms with Gasteiger partial charge in [-0.05, 0) is 42.7 Å². The molecular formula is C28H32N2O4. The lowest BCUT2D eigenvalue weighted by Gasteiger charge is -2.18. The predicted molar refractivity (Wildman–Crippen MR) is 130 cm³/mol. The molecule has 0 aliphatic heterocycles. The average Bonchev–Trinajstić information content (AvgIpc) is 2.86. The number of carboxylic acid groups (broad SMARTS) is 2. The molecule has 1 aromatic heterocycles. The number of hydrogen-bond acceptors (Lipinski definition) is 4. The largest absolute Gasteiger partial charge is 0.545 e. The van der Waals surface area contributed by atoms with Gasteiger partial charge in [0.1, 0.15) is 0 Å². The summed E-state index contributed by atoms with van der Waals surface area (Å²) in [4.78, 5) is 23.6. The number of quaternary nitrogens is 1. The molecule has 2 unspecified atom stereocenters. The third-order valence-electron chi connectivity index (χ3n) is 5.36. The maximum atomic E-state index is 9.53. The Balaban J connectivity index is 0.000000440. The number of aliphatic carboxylic acids is 2. The van der Waals surface area contributed by atoms with Gasteiger partial charge < -0.3 is 20.3 Å². The number of nitrogens with two attached hydrogens (primary N) is 1. The Labute approximate surface area is 201 Å². The molecule has 0 bridgehead atoms. The number of aromatic nitrogens is 1. The molecule has 6 heteroatoms. The summed E-state index contributed by atoms with van der Waals surface area (Å²) in [6.07, 6.45) is 6.32. The van der Waals surface area contributed by atoms with Gasteiger partial charge in [-0.25, -0.2) is 4.79 Å². The quantitative estimate of drug-likeness (QED) is 0.428. The first-order chi connectivity index (χ1) is 16.5. The third-order valence-corrected chi connectivity index (χ3v) is 5.36. The van der Waals surface area contributed by atoms with Gasteiger partial charge in [0, 0.05) is 36.7 Å². The first-order valence-electron chi connectivity index (χ1n) is 11.4. The van der Waals surface area contributed by atoms with Gasteiger partial charge in [0.05, 0.1) is 18.6 Å². The first-order valence-corrected chi connectivity index (χ1v) is 11.4. The Morgan fingerprint density at radius 2 is 1.59 bits per heavy atom. The van der Waals surface area contributed by atoms with E-state index >= 15 is 0 Å². The van der Waals surface area contributed by atoms with Crippen LogP contribution in [0.15, 0.2) is 97.2 Å². The van der Waals surface area contributed by atoms with E-state index in [1.165, 1.54) is 23.2 Å². The normalized spacial score (nSPS) is 12.4. The maximum Gasteiger partial charge on any atom is 0.328 e. The average molecular weight is 461 g/mol. The van der Waals surface area contributed by atoms with Crippen LogP contribution in [-0.4, -0.2) is 34.6 Å². The van der Waals surface area contributed by atoms with E-state index in [9.17, 15) is 14.7 Å². The maximum absolute atomic E-state index is 9.53. The number of aryl methyl sites for hydroxylation is 1. The molecule has 3 N–H and O–H groups in total. The molecule has 2 aromatic carbocycles. The third kappa shape index (κ3) is 10.7. The van der Waals surface area contributed by atoms with Crippen LogP contribution >= 0.6 is 0 Å². The molecule has 0 fully saturated rings. The van der Waals surface area contributed by atoms with Gasteiger partial charge >= 0.3 is 5.97 Å². The van der Waals surface area contributed by atoms with Gasteiger partial charge in [-0.15, -0.1) is 0 Å². The number of carboxylic acids is 2. The fraction of sp³-hybridized carbons (Fsp3) is 0.250. The number of hydrogen-bond donors (Lipinski definition) is 2. The van der Waals surface area contributed by atoms with Crippen LogP contribution in [0.3, 0.4) is 0 Å². The Hall–Kier alpha value is -3.77. The van der Waals surface area contributed by atoms with Crippen LogP contribution in [-0.2, 0) is 16.0 Å². The number of carbonyl (C=O) groups excluding carboxylic acids is 1. The minimum absolute atomic E-state index is 0.370. The molecule has 0 aliphatic carbocycles. The van der Waals surface area contributed by atoms with Gasteiger partial charge in [0.15, 0.2) is 0 Å². The van der Waals surface area contributed by atoms with E-state index in [1.807, 2.05) is 12.3 Å². The molecular weight excluding hydrogens is 428 g/mol. The Kier molecular flexibility index (Phi) is 11.8. The molecule has 0 spiro atoms. The predicted octanol–water partition coefficient (Wildman–Crippen LogP) is 2.57. The van der Waals surface area contributed by atoms with Crippen molar-refractivity contribution in [3.8, 4) is 0 Å². The molecule has 178 valence electrons. The van der Waals surface area contributed by atoms with E-state index in [-0.39, 0.29) is 0 Å². The van der Waals surface area contributed by atoms with Crippen molar-refractivity contribution in [2.45, 2.75) is 38.1 Å². The fourth-order valence-electron chi connectivity index (χ4n) is 3.60. The molecule has 0 aliphatic rings. The summed E-state index contributed by atoms with van der Waals surface area (Å²) in [5.41, 5.74) is 3.96. The number of pyridine rings is 1. The van der Waals surface area contributed by atoms with E-state index in [0.717, 1.165) is 19.4 Å². The summed E-state index contributed by atoms with van der Waals surface area (Å²) in [6.45, 7) is 3.45. The lowest BCUT2D eigenvalue weighted by molar-refractivity contribution is -0.687. The van der Waals surface area contributed by atoms with Crippen molar-refractivity contribution in [2.75, 3.05) is 6.54 Å². The van der Waals surface area contributed by atoms with Crippen molar-refractivity contribution in [3.63, 3.8) is 0 Å². The molecule has 3 rings (SSSR count). The molecule has 1 heterocycles. The summed E-state index contributed by atoms with van der Waals surface area (Å²) in [5.74, 6) is -2.43. The SMILES string of the molecule is CC(CCc1ccccc1)[NH2+]CCC(c1ccccc1)c1ccccn1.O=C([O-])/C=C/C(=O)O. The number of benzene rings is 2. The highest BCUT2D eigenvalue weighted by Crippen LogP contribution is 2.25. The second kappa shape index (κ2) is 15.1. The van der Waals surface area contributed by atoms with Crippen molar-refractivity contribution >= 4 is 11.9 Å². The summed E-state index contributed by atoms with van der Waals surface area (Å²) in [7, 11) is 0. The second-order valence-corrected chi connectivity index (χ2v) is 8.02. The Morgan fingerprint density at radius 1 is 0.941 bits per heavy atom. The highest BCUT2D eigenvalue weighted by molar-refractivity contribution is 5.88. The fourth-order valence-corrected chi connectivity index (χ4v) is 3.60. The zero-order chi connectivity index (χ0) is 24.6. The first kappa shape index (κ1) is 26.5. The second-order valence-electron chi connectivity index (χ2n) is 8.02. The number of nitrogens with zero attached hydrogens (tertiary/aromatic N) is 1. The van der Waals surface area contributed by atoms with Crippen LogP contribution in [0.1, 0.15) is 42.5 Å². The van der Waals surface area contributed by atoms with Crippen molar-refractivity contribution in [3.05, 3.63) is 114 Å². The van der Waals surface area contributed by atoms with Crippen molar-refractivity contribution in [1.82, 2.24) is 4.98 Å². The number of carbonyl (C=O) groups is 2. The van der Waals surface area contributed by atoms with Crippen LogP contribution in [0.25, 0.3) is 0 Å². The van der Waals surface area contributed by atoms with Crippen LogP contribution < -0.4 is 10.4 Å². The lowest BCUT2D eigenvalue weighted by Crippen LogP contribution is -2.89. The summed E-state index contributed by atoms with van der Waals surface area (Å²) in [5, 5.41) is 19.7. The van der Waals surface area contributed by atoms with E-state index in [0.29, 0.717) is 24.1 Å². The molecule has 34 heavy (non-hydrogen) atoms. The zero-order valence-corrected chi connectivity index (χ0v) is 19.4. The van der Waals surface area contributed by atoms with Crippen LogP contribution in [0.5, 0.6) is 0 Å². The Morgan fingerprint density at radius 3 is 2.15 bits per heavy atom. The summed E-state index contributed by atoms with van der Waals surface area (Å²) in [6, 6.07) is 28.4. The topological polar surface area (TPSA) is 107 Å². The minimum atomic E-state index is -1.51. The van der Waals surface area contributed by atoms with E-state index < -0.39 is 11.9 Å². The molecule has 0 saturated heterocycles. The monoisotopic (exact) mass is 460 g/mol. The highest BCUT2D eigenvalue weighted by atomic mass is 16.4. The van der Waals surface area contributed by atoms with Crippen LogP contribution in [0, 0.1) is 0 Å². The summed E-state index contributed by atoms with van der Waals surface area (Å²) < 4.78 is 0. The zero-order valence-electron chi connectivity index (χ0n) is 19.4. The lowest BCUT2D eigenvalue weighted by atomic mass is 9.92. The minimum Gasteiger partial charge on any atom is -0.545 e. The smallest absolute Gasteiger partial charge is 0.328 e. The van der Waals surface area contributed by atoms with Crippen molar-refractivity contribution < 1.29 is 25.1 Å². The molecule has 0 saturated carbocycles. The highest BCUT2D eigenvalue weighted by Gasteiger charge is 2.16.